The molecule has 0 spiro atoms. The van der Waals surface area contributed by atoms with E-state index in [9.17, 15) is 12.8 Å². The van der Waals surface area contributed by atoms with Crippen molar-refractivity contribution in [3.8, 4) is 11.5 Å². The fraction of sp³-hybridized carbons (Fsp3) is 0.400. The third-order valence-electron chi connectivity index (χ3n) is 4.74. The highest BCUT2D eigenvalue weighted by Crippen LogP contribution is 2.29. The Kier molecular flexibility index (Phi) is 6.53. The van der Waals surface area contributed by atoms with Crippen LogP contribution in [0.3, 0.4) is 0 Å². The van der Waals surface area contributed by atoms with E-state index in [1.165, 1.54) is 22.7 Å². The van der Waals surface area contributed by atoms with Crippen LogP contribution >= 0.6 is 0 Å². The molecule has 2 aromatic rings. The van der Waals surface area contributed by atoms with E-state index in [4.69, 9.17) is 9.47 Å². The molecule has 28 heavy (non-hydrogen) atoms. The highest BCUT2D eigenvalue weighted by Gasteiger charge is 2.23. The van der Waals surface area contributed by atoms with E-state index < -0.39 is 10.0 Å². The number of ether oxygens (including phenoxy) is 2. The second-order valence-electron chi connectivity index (χ2n) is 6.84. The Morgan fingerprint density at radius 1 is 0.964 bits per heavy atom. The second kappa shape index (κ2) is 8.89. The van der Waals surface area contributed by atoms with Gasteiger partial charge >= 0.3 is 0 Å². The molecule has 0 aromatic heterocycles. The molecule has 0 amide bonds. The van der Waals surface area contributed by atoms with Crippen molar-refractivity contribution in [1.29, 1.82) is 0 Å². The molecule has 0 N–H and O–H groups in total. The first-order valence-electron chi connectivity index (χ1n) is 9.07. The van der Waals surface area contributed by atoms with E-state index in [0.29, 0.717) is 50.8 Å². The van der Waals surface area contributed by atoms with Crippen LogP contribution in [0, 0.1) is 5.82 Å². The fourth-order valence-electron chi connectivity index (χ4n) is 3.15. The summed E-state index contributed by atoms with van der Waals surface area (Å²) in [6, 6.07) is 12.0. The number of piperazine rings is 1. The summed E-state index contributed by atoms with van der Waals surface area (Å²) >= 11 is 0. The van der Waals surface area contributed by atoms with Crippen LogP contribution in [0.1, 0.15) is 11.1 Å². The Morgan fingerprint density at radius 3 is 2.21 bits per heavy atom. The van der Waals surface area contributed by atoms with E-state index in [1.807, 2.05) is 18.2 Å². The van der Waals surface area contributed by atoms with Gasteiger partial charge < -0.3 is 9.47 Å². The second-order valence-corrected chi connectivity index (χ2v) is 8.82. The van der Waals surface area contributed by atoms with E-state index >= 15 is 0 Å². The highest BCUT2D eigenvalue weighted by atomic mass is 32.2. The molecule has 1 heterocycles. The minimum atomic E-state index is -3.12. The maximum Gasteiger partial charge on any atom is 0.211 e. The average Bonchev–Trinajstić information content (AvgIpc) is 2.68. The number of benzene rings is 2. The number of rotatable bonds is 7. The maximum absolute atomic E-state index is 13.0. The molecule has 1 saturated heterocycles. The van der Waals surface area contributed by atoms with Crippen LogP contribution in [0.15, 0.2) is 42.5 Å². The summed E-state index contributed by atoms with van der Waals surface area (Å²) in [6.45, 7) is 3.44. The van der Waals surface area contributed by atoms with Crippen molar-refractivity contribution in [3.05, 3.63) is 59.4 Å². The minimum Gasteiger partial charge on any atom is -0.493 e. The number of sulfonamides is 1. The first-order valence-corrected chi connectivity index (χ1v) is 10.9. The first kappa shape index (κ1) is 20.6. The molecule has 8 heteroatoms. The number of nitrogens with zero attached hydrogens (tertiary/aromatic N) is 2. The molecule has 0 saturated carbocycles. The zero-order chi connectivity index (χ0) is 20.1. The summed E-state index contributed by atoms with van der Waals surface area (Å²) in [5.74, 6) is 0.981. The normalized spacial score (nSPS) is 16.1. The van der Waals surface area contributed by atoms with Gasteiger partial charge in [-0.1, -0.05) is 18.2 Å². The standard InChI is InChI=1S/C20H25FN2O4S/c1-26-20-13-17(14-22-9-11-23(12-10-22)28(2,24)25)5-8-19(20)27-15-16-3-6-18(21)7-4-16/h3-8,13H,9-12,14-15H2,1-2H3. The lowest BCUT2D eigenvalue weighted by Crippen LogP contribution is -2.47. The molecule has 1 fully saturated rings. The van der Waals surface area contributed by atoms with E-state index in [2.05, 4.69) is 4.90 Å². The van der Waals surface area contributed by atoms with E-state index in [1.54, 1.807) is 19.2 Å². The van der Waals surface area contributed by atoms with Gasteiger partial charge in [-0.2, -0.15) is 4.31 Å². The highest BCUT2D eigenvalue weighted by molar-refractivity contribution is 7.88. The minimum absolute atomic E-state index is 0.275. The summed E-state index contributed by atoms with van der Waals surface area (Å²) in [5.41, 5.74) is 1.94. The quantitative estimate of drug-likeness (QED) is 0.705. The third kappa shape index (κ3) is 5.43. The lowest BCUT2D eigenvalue weighted by atomic mass is 10.1. The van der Waals surface area contributed by atoms with Crippen molar-refractivity contribution in [2.75, 3.05) is 39.5 Å². The van der Waals surface area contributed by atoms with Gasteiger partial charge in [0.05, 0.1) is 13.4 Å². The largest absolute Gasteiger partial charge is 0.493 e. The fourth-order valence-corrected chi connectivity index (χ4v) is 3.98. The van der Waals surface area contributed by atoms with Crippen LogP contribution in [0.25, 0.3) is 0 Å². The Balaban J connectivity index is 1.59. The predicted molar refractivity (Wildman–Crippen MR) is 105 cm³/mol. The van der Waals surface area contributed by atoms with E-state index in [-0.39, 0.29) is 5.82 Å². The van der Waals surface area contributed by atoms with Gasteiger partial charge in [0.2, 0.25) is 10.0 Å². The number of halogens is 1. The van der Waals surface area contributed by atoms with Gasteiger partial charge in [-0.15, -0.1) is 0 Å². The molecule has 3 rings (SSSR count). The maximum atomic E-state index is 13.0. The Labute approximate surface area is 165 Å². The van der Waals surface area contributed by atoms with Crippen LogP contribution in [0.2, 0.25) is 0 Å². The Hall–Kier alpha value is -2.16. The monoisotopic (exact) mass is 408 g/mol. The molecule has 6 nitrogen and oxygen atoms in total. The molecule has 0 atom stereocenters. The van der Waals surface area contributed by atoms with Crippen LogP contribution in [-0.2, 0) is 23.2 Å². The van der Waals surface area contributed by atoms with Crippen LogP contribution in [-0.4, -0.2) is 57.2 Å². The van der Waals surface area contributed by atoms with Crippen LogP contribution in [0.4, 0.5) is 4.39 Å². The summed E-state index contributed by atoms with van der Waals surface area (Å²) in [4.78, 5) is 2.22. The predicted octanol–water partition coefficient (Wildman–Crippen LogP) is 2.49. The summed E-state index contributed by atoms with van der Waals surface area (Å²) in [6.07, 6.45) is 1.25. The van der Waals surface area contributed by atoms with Gasteiger partial charge in [-0.05, 0) is 35.4 Å². The van der Waals surface area contributed by atoms with E-state index in [0.717, 1.165) is 11.1 Å². The molecule has 1 aliphatic heterocycles. The third-order valence-corrected chi connectivity index (χ3v) is 6.05. The Bertz CT molecular complexity index is 895. The SMILES string of the molecule is COc1cc(CN2CCN(S(C)(=O)=O)CC2)ccc1OCc1ccc(F)cc1. The summed E-state index contributed by atoms with van der Waals surface area (Å²) < 4.78 is 49.0. The van der Waals surface area contributed by atoms with Crippen LogP contribution < -0.4 is 9.47 Å². The zero-order valence-electron chi connectivity index (χ0n) is 16.1. The van der Waals surface area contributed by atoms with Gasteiger partial charge in [0.15, 0.2) is 11.5 Å². The van der Waals surface area contributed by atoms with Crippen molar-refractivity contribution in [2.45, 2.75) is 13.2 Å². The van der Waals surface area contributed by atoms with Gasteiger partial charge in [0, 0.05) is 32.7 Å². The van der Waals surface area contributed by atoms with Crippen molar-refractivity contribution in [3.63, 3.8) is 0 Å². The van der Waals surface area contributed by atoms with Crippen LogP contribution in [0.5, 0.6) is 11.5 Å². The molecule has 0 radical (unpaired) electrons. The first-order chi connectivity index (χ1) is 13.3. The smallest absolute Gasteiger partial charge is 0.211 e. The Morgan fingerprint density at radius 2 is 1.61 bits per heavy atom. The lowest BCUT2D eigenvalue weighted by molar-refractivity contribution is 0.182. The van der Waals surface area contributed by atoms with Gasteiger partial charge in [0.25, 0.3) is 0 Å². The molecule has 2 aromatic carbocycles. The lowest BCUT2D eigenvalue weighted by Gasteiger charge is -2.33. The molecule has 152 valence electrons. The number of methoxy groups -OCH3 is 1. The van der Waals surface area contributed by atoms with Crippen molar-refractivity contribution in [1.82, 2.24) is 9.21 Å². The molecule has 1 aliphatic rings. The van der Waals surface area contributed by atoms with Crippen molar-refractivity contribution >= 4 is 10.0 Å². The van der Waals surface area contributed by atoms with Crippen molar-refractivity contribution < 1.29 is 22.3 Å². The average molecular weight is 408 g/mol. The number of hydrogen-bond donors (Lipinski definition) is 0. The zero-order valence-corrected chi connectivity index (χ0v) is 16.9. The molecular formula is C20H25FN2O4S. The topological polar surface area (TPSA) is 59.1 Å². The summed E-state index contributed by atoms with van der Waals surface area (Å²) in [5, 5.41) is 0. The van der Waals surface area contributed by atoms with Gasteiger partial charge in [0.1, 0.15) is 12.4 Å². The molecule has 0 unspecified atom stereocenters. The molecule has 0 bridgehead atoms. The van der Waals surface area contributed by atoms with Gasteiger partial charge in [-0.25, -0.2) is 12.8 Å². The van der Waals surface area contributed by atoms with Gasteiger partial charge in [-0.3, -0.25) is 4.90 Å². The molecular weight excluding hydrogens is 383 g/mol. The summed E-state index contributed by atoms with van der Waals surface area (Å²) in [7, 11) is -1.53. The van der Waals surface area contributed by atoms with Crippen molar-refractivity contribution in [2.24, 2.45) is 0 Å². The number of hydrogen-bond acceptors (Lipinski definition) is 5. The molecule has 0 aliphatic carbocycles.